The van der Waals surface area contributed by atoms with Gasteiger partial charge < -0.3 is 0 Å². The Labute approximate surface area is 111 Å². The highest BCUT2D eigenvalue weighted by Crippen LogP contribution is 2.33. The van der Waals surface area contributed by atoms with Gasteiger partial charge in [-0.2, -0.15) is 5.10 Å². The first-order chi connectivity index (χ1) is 8.69. The summed E-state index contributed by atoms with van der Waals surface area (Å²) >= 11 is 0. The SMILES string of the molecule is CCCC(CC)C1=NNC2C=C/C=C\C1(C)C=C2. The molecule has 0 radical (unpaired) electrons. The molecule has 3 unspecified atom stereocenters. The first-order valence-corrected chi connectivity index (χ1v) is 7.08. The van der Waals surface area contributed by atoms with Gasteiger partial charge in [-0.05, 0) is 25.7 Å². The molecular weight excluding hydrogens is 220 g/mol. The average molecular weight is 244 g/mol. The maximum absolute atomic E-state index is 4.73. The molecule has 0 aromatic heterocycles. The van der Waals surface area contributed by atoms with Gasteiger partial charge in [-0.1, -0.05) is 56.7 Å². The Hall–Kier alpha value is -1.31. The summed E-state index contributed by atoms with van der Waals surface area (Å²) in [6, 6.07) is 0.228. The first-order valence-electron chi connectivity index (χ1n) is 7.08. The number of hydrogen-bond acceptors (Lipinski definition) is 2. The highest BCUT2D eigenvalue weighted by Gasteiger charge is 2.32. The van der Waals surface area contributed by atoms with Gasteiger partial charge in [0.05, 0.1) is 11.8 Å². The predicted molar refractivity (Wildman–Crippen MR) is 78.6 cm³/mol. The van der Waals surface area contributed by atoms with Crippen LogP contribution in [0, 0.1) is 11.3 Å². The van der Waals surface area contributed by atoms with E-state index >= 15 is 0 Å². The van der Waals surface area contributed by atoms with Gasteiger partial charge >= 0.3 is 0 Å². The van der Waals surface area contributed by atoms with E-state index in [4.69, 9.17) is 5.10 Å². The fourth-order valence-electron chi connectivity index (χ4n) is 2.80. The van der Waals surface area contributed by atoms with Crippen molar-refractivity contribution in [3.8, 4) is 0 Å². The molecule has 0 saturated heterocycles. The molecule has 98 valence electrons. The van der Waals surface area contributed by atoms with Gasteiger partial charge in [0.2, 0.25) is 0 Å². The van der Waals surface area contributed by atoms with Crippen molar-refractivity contribution in [2.24, 2.45) is 16.4 Å². The first kappa shape index (κ1) is 13.1. The average Bonchev–Trinajstić information content (AvgIpc) is 2.45. The molecule has 1 N–H and O–H groups in total. The van der Waals surface area contributed by atoms with E-state index in [1.54, 1.807) is 0 Å². The van der Waals surface area contributed by atoms with Crippen LogP contribution in [0.5, 0.6) is 0 Å². The van der Waals surface area contributed by atoms with Crippen molar-refractivity contribution in [1.82, 2.24) is 5.43 Å². The van der Waals surface area contributed by atoms with E-state index < -0.39 is 0 Å². The van der Waals surface area contributed by atoms with Crippen LogP contribution in [0.4, 0.5) is 0 Å². The van der Waals surface area contributed by atoms with Crippen LogP contribution >= 0.6 is 0 Å². The Morgan fingerprint density at radius 1 is 1.28 bits per heavy atom. The van der Waals surface area contributed by atoms with Gasteiger partial charge in [-0.25, -0.2) is 0 Å². The van der Waals surface area contributed by atoms with Gasteiger partial charge in [0.15, 0.2) is 0 Å². The minimum atomic E-state index is -0.0393. The Balaban J connectivity index is 2.37. The smallest absolute Gasteiger partial charge is 0.0804 e. The van der Waals surface area contributed by atoms with Crippen LogP contribution in [0.1, 0.15) is 40.0 Å². The molecule has 2 heteroatoms. The molecule has 2 bridgehead atoms. The van der Waals surface area contributed by atoms with Crippen molar-refractivity contribution in [2.45, 2.75) is 46.1 Å². The lowest BCUT2D eigenvalue weighted by atomic mass is 9.75. The summed E-state index contributed by atoms with van der Waals surface area (Å²) in [6.07, 6.45) is 16.8. The highest BCUT2D eigenvalue weighted by atomic mass is 15.3. The number of fused-ring (bicyclic) bond motifs is 2. The van der Waals surface area contributed by atoms with Crippen LogP contribution in [0.2, 0.25) is 0 Å². The maximum Gasteiger partial charge on any atom is 0.0804 e. The zero-order valence-corrected chi connectivity index (χ0v) is 11.7. The Bertz CT molecular complexity index is 403. The predicted octanol–water partition coefficient (Wildman–Crippen LogP) is 3.83. The van der Waals surface area contributed by atoms with Crippen LogP contribution in [0.15, 0.2) is 41.6 Å². The molecule has 3 atom stereocenters. The summed E-state index contributed by atoms with van der Waals surface area (Å²) in [7, 11) is 0. The summed E-state index contributed by atoms with van der Waals surface area (Å²) in [4.78, 5) is 0. The zero-order valence-electron chi connectivity index (χ0n) is 11.7. The Morgan fingerprint density at radius 3 is 2.83 bits per heavy atom. The van der Waals surface area contributed by atoms with E-state index in [-0.39, 0.29) is 11.5 Å². The van der Waals surface area contributed by atoms with E-state index in [1.807, 2.05) is 0 Å². The van der Waals surface area contributed by atoms with Crippen molar-refractivity contribution in [1.29, 1.82) is 0 Å². The molecule has 2 nitrogen and oxygen atoms in total. The monoisotopic (exact) mass is 244 g/mol. The number of allylic oxidation sites excluding steroid dienone is 4. The maximum atomic E-state index is 4.73. The quantitative estimate of drug-likeness (QED) is 0.747. The van der Waals surface area contributed by atoms with E-state index in [0.717, 1.165) is 6.42 Å². The fraction of sp³-hybridized carbons (Fsp3) is 0.562. The Kier molecular flexibility index (Phi) is 4.05. The van der Waals surface area contributed by atoms with Gasteiger partial charge in [-0.3, -0.25) is 5.43 Å². The number of nitrogens with zero attached hydrogens (tertiary/aromatic N) is 1. The number of nitrogens with one attached hydrogen (secondary N) is 1. The van der Waals surface area contributed by atoms with Gasteiger partial charge in [0, 0.05) is 5.41 Å². The second-order valence-electron chi connectivity index (χ2n) is 5.43. The summed E-state index contributed by atoms with van der Waals surface area (Å²) in [5.74, 6) is 0.568. The molecule has 1 heterocycles. The van der Waals surface area contributed by atoms with E-state index in [0.29, 0.717) is 5.92 Å². The van der Waals surface area contributed by atoms with Crippen LogP contribution in [0.25, 0.3) is 0 Å². The second-order valence-corrected chi connectivity index (χ2v) is 5.43. The molecule has 0 spiro atoms. The van der Waals surface area contributed by atoms with Crippen molar-refractivity contribution >= 4 is 5.71 Å². The van der Waals surface area contributed by atoms with Crippen molar-refractivity contribution in [3.63, 3.8) is 0 Å². The lowest BCUT2D eigenvalue weighted by Gasteiger charge is -2.29. The minimum Gasteiger partial charge on any atom is -0.299 e. The summed E-state index contributed by atoms with van der Waals surface area (Å²) in [5, 5.41) is 4.73. The third-order valence-corrected chi connectivity index (χ3v) is 3.92. The summed E-state index contributed by atoms with van der Waals surface area (Å²) in [5.41, 5.74) is 4.52. The number of rotatable bonds is 4. The second kappa shape index (κ2) is 5.55. The molecule has 2 rings (SSSR count). The molecule has 1 aliphatic heterocycles. The number of hydrazone groups is 1. The third kappa shape index (κ3) is 2.58. The highest BCUT2D eigenvalue weighted by molar-refractivity contribution is 5.95. The summed E-state index contributed by atoms with van der Waals surface area (Å²) < 4.78 is 0. The molecule has 0 saturated carbocycles. The lowest BCUT2D eigenvalue weighted by Crippen LogP contribution is -2.31. The minimum absolute atomic E-state index is 0.0393. The molecule has 2 aliphatic rings. The molecular formula is C16H24N2. The standard InChI is InChI=1S/C16H24N2/c1-4-8-13(5-2)15-16(3)11-7-6-9-14(10-12-16)17-18-15/h6-7,9-14,17H,4-5,8H2,1-3H3/b9-6?,11-7-. The van der Waals surface area contributed by atoms with Gasteiger partial charge in [0.25, 0.3) is 0 Å². The largest absolute Gasteiger partial charge is 0.299 e. The Morgan fingerprint density at radius 2 is 2.11 bits per heavy atom. The molecule has 0 amide bonds. The molecule has 1 aliphatic carbocycles. The zero-order chi connectivity index (χ0) is 13.0. The van der Waals surface area contributed by atoms with Crippen molar-refractivity contribution in [2.75, 3.05) is 0 Å². The molecule has 18 heavy (non-hydrogen) atoms. The fourth-order valence-corrected chi connectivity index (χ4v) is 2.80. The molecule has 0 aromatic carbocycles. The van der Waals surface area contributed by atoms with E-state index in [9.17, 15) is 0 Å². The van der Waals surface area contributed by atoms with Crippen molar-refractivity contribution < 1.29 is 0 Å². The van der Waals surface area contributed by atoms with E-state index in [2.05, 4.69) is 62.7 Å². The summed E-state index contributed by atoms with van der Waals surface area (Å²) in [6.45, 7) is 6.77. The van der Waals surface area contributed by atoms with Crippen LogP contribution in [-0.2, 0) is 0 Å². The molecule has 0 aromatic rings. The van der Waals surface area contributed by atoms with Crippen molar-refractivity contribution in [3.05, 3.63) is 36.5 Å². The number of hydrogen-bond donors (Lipinski definition) is 1. The van der Waals surface area contributed by atoms with Gasteiger partial charge in [-0.15, -0.1) is 0 Å². The van der Waals surface area contributed by atoms with Crippen LogP contribution < -0.4 is 5.43 Å². The van der Waals surface area contributed by atoms with Crippen LogP contribution in [0.3, 0.4) is 0 Å². The lowest BCUT2D eigenvalue weighted by molar-refractivity contribution is 0.547. The van der Waals surface area contributed by atoms with Crippen LogP contribution in [-0.4, -0.2) is 11.8 Å². The normalized spacial score (nSPS) is 33.1. The third-order valence-electron chi connectivity index (χ3n) is 3.92. The van der Waals surface area contributed by atoms with Gasteiger partial charge in [0.1, 0.15) is 0 Å². The topological polar surface area (TPSA) is 24.4 Å². The van der Waals surface area contributed by atoms with E-state index in [1.165, 1.54) is 18.6 Å². The molecule has 0 fully saturated rings.